The second kappa shape index (κ2) is 7.67. The summed E-state index contributed by atoms with van der Waals surface area (Å²) in [6.07, 6.45) is 8.15. The van der Waals surface area contributed by atoms with Crippen molar-refractivity contribution in [1.82, 2.24) is 9.97 Å². The molecule has 0 spiro atoms. The second-order valence-electron chi connectivity index (χ2n) is 4.77. The van der Waals surface area contributed by atoms with Gasteiger partial charge in [-0.05, 0) is 42.7 Å². The number of hydrogen-bond donors (Lipinski definition) is 0. The van der Waals surface area contributed by atoms with Gasteiger partial charge in [-0.15, -0.1) is 0 Å². The van der Waals surface area contributed by atoms with Gasteiger partial charge in [0.1, 0.15) is 5.75 Å². The number of rotatable bonds is 7. The molecule has 5 heteroatoms. The van der Waals surface area contributed by atoms with Crippen molar-refractivity contribution in [3.05, 3.63) is 42.2 Å². The molecule has 0 aliphatic carbocycles. The van der Waals surface area contributed by atoms with E-state index in [9.17, 15) is 8.78 Å². The number of aryl methyl sites for hydroxylation is 1. The van der Waals surface area contributed by atoms with E-state index in [0.29, 0.717) is 5.82 Å². The van der Waals surface area contributed by atoms with Gasteiger partial charge in [0.15, 0.2) is 5.82 Å². The highest BCUT2D eigenvalue weighted by Gasteiger charge is 2.06. The molecule has 0 aliphatic heterocycles. The number of halogens is 2. The van der Waals surface area contributed by atoms with Crippen molar-refractivity contribution in [3.63, 3.8) is 0 Å². The van der Waals surface area contributed by atoms with Crippen molar-refractivity contribution >= 4 is 0 Å². The average Bonchev–Trinajstić information content (AvgIpc) is 2.49. The molecule has 0 N–H and O–H groups in total. The summed E-state index contributed by atoms with van der Waals surface area (Å²) in [5.41, 5.74) is 1.89. The minimum absolute atomic E-state index is 0.130. The van der Waals surface area contributed by atoms with Crippen LogP contribution < -0.4 is 4.74 Å². The molecule has 0 aliphatic rings. The average molecular weight is 292 g/mol. The largest absolute Gasteiger partial charge is 0.435 e. The maximum Gasteiger partial charge on any atom is 0.387 e. The molecule has 2 rings (SSSR count). The van der Waals surface area contributed by atoms with Gasteiger partial charge in [-0.2, -0.15) is 8.78 Å². The van der Waals surface area contributed by atoms with Crippen molar-refractivity contribution in [2.24, 2.45) is 0 Å². The highest BCUT2D eigenvalue weighted by Crippen LogP contribution is 2.20. The molecule has 1 heterocycles. The third kappa shape index (κ3) is 4.77. The number of benzene rings is 1. The van der Waals surface area contributed by atoms with Gasteiger partial charge in [0.05, 0.1) is 0 Å². The predicted octanol–water partition coefficient (Wildman–Crippen LogP) is 4.48. The minimum atomic E-state index is -2.81. The summed E-state index contributed by atoms with van der Waals surface area (Å²) in [6.45, 7) is -0.643. The standard InChI is InChI=1S/C16H18F2N2O/c1-2-3-4-5-12-10-19-15(20-11-12)13-6-8-14(9-7-13)21-16(17)18/h6-11,16H,2-5H2,1H3. The first-order valence-electron chi connectivity index (χ1n) is 7.05. The zero-order valence-electron chi connectivity index (χ0n) is 11.9. The van der Waals surface area contributed by atoms with Crippen molar-refractivity contribution in [1.29, 1.82) is 0 Å². The Balaban J connectivity index is 2.01. The van der Waals surface area contributed by atoms with Crippen LogP contribution in [0.2, 0.25) is 0 Å². The van der Waals surface area contributed by atoms with Crippen LogP contribution in [0.1, 0.15) is 31.7 Å². The lowest BCUT2D eigenvalue weighted by molar-refractivity contribution is -0.0498. The molecule has 0 saturated heterocycles. The zero-order chi connectivity index (χ0) is 15.1. The Morgan fingerprint density at radius 1 is 1.05 bits per heavy atom. The summed E-state index contributed by atoms with van der Waals surface area (Å²) < 4.78 is 28.4. The van der Waals surface area contributed by atoms with Gasteiger partial charge in [-0.25, -0.2) is 9.97 Å². The molecule has 0 saturated carbocycles. The summed E-state index contributed by atoms with van der Waals surface area (Å²) in [5, 5.41) is 0. The van der Waals surface area contributed by atoms with E-state index in [0.717, 1.165) is 24.0 Å². The third-order valence-electron chi connectivity index (χ3n) is 3.11. The van der Waals surface area contributed by atoms with Gasteiger partial charge in [-0.3, -0.25) is 0 Å². The quantitative estimate of drug-likeness (QED) is 0.706. The molecule has 1 aromatic heterocycles. The molecule has 21 heavy (non-hydrogen) atoms. The smallest absolute Gasteiger partial charge is 0.387 e. The van der Waals surface area contributed by atoms with Gasteiger partial charge >= 0.3 is 6.61 Å². The maximum atomic E-state index is 12.1. The second-order valence-corrected chi connectivity index (χ2v) is 4.77. The number of nitrogens with zero attached hydrogens (tertiary/aromatic N) is 2. The number of hydrogen-bond acceptors (Lipinski definition) is 3. The maximum absolute atomic E-state index is 12.1. The van der Waals surface area contributed by atoms with Crippen LogP contribution in [0.15, 0.2) is 36.7 Å². The Labute approximate surface area is 123 Å². The lowest BCUT2D eigenvalue weighted by Crippen LogP contribution is -2.01. The Bertz CT molecular complexity index is 541. The fourth-order valence-corrected chi connectivity index (χ4v) is 2.00. The van der Waals surface area contributed by atoms with E-state index in [1.807, 2.05) is 12.4 Å². The van der Waals surface area contributed by atoms with Crippen LogP contribution in [-0.2, 0) is 6.42 Å². The van der Waals surface area contributed by atoms with E-state index in [1.54, 1.807) is 12.1 Å². The SMILES string of the molecule is CCCCCc1cnc(-c2ccc(OC(F)F)cc2)nc1. The molecule has 1 aromatic carbocycles. The predicted molar refractivity (Wildman–Crippen MR) is 77.3 cm³/mol. The van der Waals surface area contributed by atoms with Crippen LogP contribution in [0.25, 0.3) is 11.4 Å². The Morgan fingerprint density at radius 2 is 1.71 bits per heavy atom. The first kappa shape index (κ1) is 15.4. The van der Waals surface area contributed by atoms with E-state index in [-0.39, 0.29) is 5.75 Å². The lowest BCUT2D eigenvalue weighted by Gasteiger charge is -2.06. The third-order valence-corrected chi connectivity index (χ3v) is 3.11. The normalized spacial score (nSPS) is 10.9. The van der Waals surface area contributed by atoms with E-state index < -0.39 is 6.61 Å². The van der Waals surface area contributed by atoms with Crippen LogP contribution in [-0.4, -0.2) is 16.6 Å². The fraction of sp³-hybridized carbons (Fsp3) is 0.375. The van der Waals surface area contributed by atoms with E-state index in [1.165, 1.54) is 25.0 Å². The van der Waals surface area contributed by atoms with Crippen LogP contribution in [0.3, 0.4) is 0 Å². The Kier molecular flexibility index (Phi) is 5.60. The van der Waals surface area contributed by atoms with Gasteiger partial charge in [-0.1, -0.05) is 19.8 Å². The molecule has 0 atom stereocenters. The van der Waals surface area contributed by atoms with E-state index >= 15 is 0 Å². The topological polar surface area (TPSA) is 35.0 Å². The van der Waals surface area contributed by atoms with Crippen molar-refractivity contribution in [2.45, 2.75) is 39.2 Å². The van der Waals surface area contributed by atoms with Crippen LogP contribution >= 0.6 is 0 Å². The number of ether oxygens (including phenoxy) is 1. The van der Waals surface area contributed by atoms with E-state index in [4.69, 9.17) is 0 Å². The van der Waals surface area contributed by atoms with Gasteiger partial charge in [0.25, 0.3) is 0 Å². The monoisotopic (exact) mass is 292 g/mol. The molecule has 0 radical (unpaired) electrons. The highest BCUT2D eigenvalue weighted by molar-refractivity contribution is 5.55. The fourth-order valence-electron chi connectivity index (χ4n) is 2.00. The molecular weight excluding hydrogens is 274 g/mol. The summed E-state index contributed by atoms with van der Waals surface area (Å²) in [5.74, 6) is 0.711. The Morgan fingerprint density at radius 3 is 2.29 bits per heavy atom. The van der Waals surface area contributed by atoms with E-state index in [2.05, 4.69) is 21.6 Å². The van der Waals surface area contributed by atoms with Crippen molar-refractivity contribution in [3.8, 4) is 17.1 Å². The molecule has 2 aromatic rings. The first-order chi connectivity index (χ1) is 10.2. The van der Waals surface area contributed by atoms with Gasteiger partial charge in [0, 0.05) is 18.0 Å². The molecule has 0 bridgehead atoms. The first-order valence-corrected chi connectivity index (χ1v) is 7.05. The summed E-state index contributed by atoms with van der Waals surface area (Å²) in [7, 11) is 0. The number of alkyl halides is 2. The van der Waals surface area contributed by atoms with Crippen molar-refractivity contribution in [2.75, 3.05) is 0 Å². The van der Waals surface area contributed by atoms with Gasteiger partial charge < -0.3 is 4.74 Å². The summed E-state index contributed by atoms with van der Waals surface area (Å²) in [6, 6.07) is 6.31. The minimum Gasteiger partial charge on any atom is -0.435 e. The Hall–Kier alpha value is -2.04. The van der Waals surface area contributed by atoms with Crippen LogP contribution in [0.4, 0.5) is 8.78 Å². The molecule has 3 nitrogen and oxygen atoms in total. The molecule has 0 amide bonds. The summed E-state index contributed by atoms with van der Waals surface area (Å²) >= 11 is 0. The van der Waals surface area contributed by atoms with Crippen LogP contribution in [0, 0.1) is 0 Å². The molecule has 112 valence electrons. The molecule has 0 fully saturated rings. The zero-order valence-corrected chi connectivity index (χ0v) is 11.9. The van der Waals surface area contributed by atoms with Crippen LogP contribution in [0.5, 0.6) is 5.75 Å². The molecular formula is C16H18F2N2O. The molecule has 0 unspecified atom stereocenters. The van der Waals surface area contributed by atoms with Crippen molar-refractivity contribution < 1.29 is 13.5 Å². The van der Waals surface area contributed by atoms with Gasteiger partial charge in [0.2, 0.25) is 0 Å². The summed E-state index contributed by atoms with van der Waals surface area (Å²) in [4.78, 5) is 8.64. The highest BCUT2D eigenvalue weighted by atomic mass is 19.3. The number of unbranched alkanes of at least 4 members (excludes halogenated alkanes) is 2. The number of aromatic nitrogens is 2. The lowest BCUT2D eigenvalue weighted by atomic mass is 10.1.